The van der Waals surface area contributed by atoms with E-state index < -0.39 is 32.7 Å². The largest absolute Gasteiger partial charge is 0.465 e. The fourth-order valence-corrected chi connectivity index (χ4v) is 5.05. The van der Waals surface area contributed by atoms with Crippen LogP contribution in [0, 0.1) is 0 Å². The van der Waals surface area contributed by atoms with E-state index in [-0.39, 0.29) is 5.04 Å². The molecule has 0 aromatic rings. The Balaban J connectivity index is 4.28. The fourth-order valence-electron chi connectivity index (χ4n) is 3.62. The van der Waals surface area contributed by atoms with Crippen molar-refractivity contribution in [2.45, 2.75) is 148 Å². The van der Waals surface area contributed by atoms with Crippen LogP contribution in [0.2, 0.25) is 18.1 Å². The Morgan fingerprint density at radius 1 is 0.969 bits per heavy atom. The minimum absolute atomic E-state index is 0.0187. The molecule has 0 aliphatic heterocycles. The van der Waals surface area contributed by atoms with Gasteiger partial charge in [-0.2, -0.15) is 0 Å². The number of aliphatic hydroxyl groups is 1. The molecule has 0 spiro atoms. The lowest BCUT2D eigenvalue weighted by Gasteiger charge is -2.40. The second-order valence-electron chi connectivity index (χ2n) is 10.8. The molecule has 3 atom stereocenters. The third-order valence-corrected chi connectivity index (χ3v) is 11.3. The van der Waals surface area contributed by atoms with Crippen LogP contribution in [0.25, 0.3) is 0 Å². The molecule has 0 fully saturated rings. The van der Waals surface area contributed by atoms with E-state index in [4.69, 9.17) is 4.43 Å². The normalized spacial score (nSPS) is 15.6. The van der Waals surface area contributed by atoms with Gasteiger partial charge in [0, 0.05) is 0 Å². The minimum atomic E-state index is -2.07. The van der Waals surface area contributed by atoms with Gasteiger partial charge in [0.15, 0.2) is 8.32 Å². The number of hydrogen-bond acceptors (Lipinski definition) is 3. The summed E-state index contributed by atoms with van der Waals surface area (Å²) in [5.41, 5.74) is 0. The summed E-state index contributed by atoms with van der Waals surface area (Å²) in [5, 5.41) is 22.3. The Morgan fingerprint density at radius 3 is 1.88 bits per heavy atom. The third kappa shape index (κ3) is 14.3. The first-order valence-electron chi connectivity index (χ1n) is 12.9. The van der Waals surface area contributed by atoms with Gasteiger partial charge in [0.1, 0.15) is 0 Å². The first-order valence-corrected chi connectivity index (χ1v) is 15.8. The van der Waals surface area contributed by atoms with Gasteiger partial charge in [-0.3, -0.25) is 0 Å². The molecule has 0 aliphatic rings. The van der Waals surface area contributed by atoms with Crippen molar-refractivity contribution in [1.29, 1.82) is 0 Å². The maximum absolute atomic E-state index is 11.3. The van der Waals surface area contributed by atoms with Crippen molar-refractivity contribution >= 4 is 14.4 Å². The predicted octanol–water partition coefficient (Wildman–Crippen LogP) is 7.65. The first-order chi connectivity index (χ1) is 14.9. The third-order valence-electron chi connectivity index (χ3n) is 6.76. The van der Waals surface area contributed by atoms with Crippen LogP contribution < -0.4 is 5.32 Å². The van der Waals surface area contributed by atoms with Gasteiger partial charge < -0.3 is 20.0 Å². The van der Waals surface area contributed by atoms with Crippen molar-refractivity contribution in [3.8, 4) is 0 Å². The summed E-state index contributed by atoms with van der Waals surface area (Å²) in [6.07, 6.45) is 16.6. The van der Waals surface area contributed by atoms with Crippen molar-refractivity contribution in [2.75, 3.05) is 0 Å². The van der Waals surface area contributed by atoms with E-state index in [1.807, 2.05) is 13.0 Å². The van der Waals surface area contributed by atoms with Crippen LogP contribution in [0.3, 0.4) is 0 Å². The van der Waals surface area contributed by atoms with E-state index in [2.05, 4.69) is 46.1 Å². The van der Waals surface area contributed by atoms with E-state index in [1.165, 1.54) is 64.2 Å². The molecule has 1 amide bonds. The number of allylic oxidation sites excluding steroid dienone is 1. The topological polar surface area (TPSA) is 78.8 Å². The molecular weight excluding hydrogens is 418 g/mol. The Morgan fingerprint density at radius 2 is 1.44 bits per heavy atom. The molecule has 0 aromatic heterocycles. The standard InChI is InChI=1S/C26H53NO4Si/c1-8-9-10-11-12-13-14-15-16-17-18-19-20-21-23(28)24(27-25(29)30)22(2)31-32(6,7)26(3,4)5/h20-24,27-28H,8-19H2,1-7H3,(H,29,30)/t22-,23-,24-/m0/s1. The Hall–Kier alpha value is -0.853. The molecule has 5 nitrogen and oxygen atoms in total. The molecule has 3 N–H and O–H groups in total. The monoisotopic (exact) mass is 471 g/mol. The summed E-state index contributed by atoms with van der Waals surface area (Å²) in [6.45, 7) is 14.8. The fraction of sp³-hybridized carbons (Fsp3) is 0.885. The van der Waals surface area contributed by atoms with Gasteiger partial charge in [0.25, 0.3) is 0 Å². The maximum atomic E-state index is 11.3. The summed E-state index contributed by atoms with van der Waals surface area (Å²) in [6, 6.07) is -0.685. The van der Waals surface area contributed by atoms with Crippen molar-refractivity contribution in [3.05, 3.63) is 12.2 Å². The first kappa shape index (κ1) is 31.1. The van der Waals surface area contributed by atoms with E-state index >= 15 is 0 Å². The Labute approximate surface area is 199 Å². The molecule has 6 heteroatoms. The van der Waals surface area contributed by atoms with Crippen LogP contribution in [-0.4, -0.2) is 42.9 Å². The van der Waals surface area contributed by atoms with Gasteiger partial charge in [-0.1, -0.05) is 104 Å². The number of nitrogens with one attached hydrogen (secondary N) is 1. The number of hydrogen-bond donors (Lipinski definition) is 3. The van der Waals surface area contributed by atoms with Crippen molar-refractivity contribution in [2.24, 2.45) is 0 Å². The molecule has 0 saturated carbocycles. The second-order valence-corrected chi connectivity index (χ2v) is 15.6. The molecular formula is C26H53NO4Si. The molecule has 0 heterocycles. The predicted molar refractivity (Wildman–Crippen MR) is 139 cm³/mol. The average molecular weight is 472 g/mol. The number of carbonyl (C=O) groups is 1. The zero-order valence-corrected chi connectivity index (χ0v) is 23.1. The molecule has 0 unspecified atom stereocenters. The molecule has 0 rings (SSSR count). The van der Waals surface area contributed by atoms with Crippen LogP contribution in [0.15, 0.2) is 12.2 Å². The van der Waals surface area contributed by atoms with Crippen LogP contribution in [0.4, 0.5) is 4.79 Å². The summed E-state index contributed by atoms with van der Waals surface area (Å²) >= 11 is 0. The zero-order chi connectivity index (χ0) is 24.6. The Kier molecular flexibility index (Phi) is 16.3. The number of unbranched alkanes of at least 4 members (excludes halogenated alkanes) is 11. The van der Waals surface area contributed by atoms with Gasteiger partial charge >= 0.3 is 6.09 Å². The molecule has 0 saturated heterocycles. The minimum Gasteiger partial charge on any atom is -0.465 e. The SMILES string of the molecule is CCCCCCCCCCCCCC=C[C@H](O)[C@@H](NC(=O)O)[C@H](C)O[Si](C)(C)C(C)(C)C. The van der Waals surface area contributed by atoms with Gasteiger partial charge in [0.2, 0.25) is 0 Å². The molecule has 190 valence electrons. The number of amides is 1. The molecule has 32 heavy (non-hydrogen) atoms. The summed E-state index contributed by atoms with van der Waals surface area (Å²) in [5.74, 6) is 0. The van der Waals surface area contributed by atoms with Crippen LogP contribution in [0.1, 0.15) is 112 Å². The maximum Gasteiger partial charge on any atom is 0.405 e. The lowest BCUT2D eigenvalue weighted by atomic mass is 10.0. The summed E-state index contributed by atoms with van der Waals surface area (Å²) < 4.78 is 6.32. The number of aliphatic hydroxyl groups excluding tert-OH is 1. The highest BCUT2D eigenvalue weighted by atomic mass is 28.4. The second kappa shape index (κ2) is 16.7. The van der Waals surface area contributed by atoms with Gasteiger partial charge in [-0.15, -0.1) is 0 Å². The summed E-state index contributed by atoms with van der Waals surface area (Å²) in [7, 11) is -2.07. The van der Waals surface area contributed by atoms with E-state index in [9.17, 15) is 15.0 Å². The van der Waals surface area contributed by atoms with Crippen molar-refractivity contribution in [3.63, 3.8) is 0 Å². The quantitative estimate of drug-likeness (QED) is 0.109. The highest BCUT2D eigenvalue weighted by Gasteiger charge is 2.40. The molecule has 0 radical (unpaired) electrons. The number of carboxylic acid groups (broad SMARTS) is 1. The van der Waals surface area contributed by atoms with Gasteiger partial charge in [-0.25, -0.2) is 4.79 Å². The van der Waals surface area contributed by atoms with Crippen LogP contribution in [0.5, 0.6) is 0 Å². The Bertz CT molecular complexity index is 516. The molecule has 0 bridgehead atoms. The highest BCUT2D eigenvalue weighted by Crippen LogP contribution is 2.37. The zero-order valence-electron chi connectivity index (χ0n) is 22.1. The van der Waals surface area contributed by atoms with E-state index in [0.717, 1.165) is 12.8 Å². The molecule has 0 aliphatic carbocycles. The van der Waals surface area contributed by atoms with Crippen molar-refractivity contribution in [1.82, 2.24) is 5.32 Å². The van der Waals surface area contributed by atoms with E-state index in [0.29, 0.717) is 0 Å². The average Bonchev–Trinajstić information content (AvgIpc) is 2.68. The van der Waals surface area contributed by atoms with Crippen LogP contribution >= 0.6 is 0 Å². The van der Waals surface area contributed by atoms with Gasteiger partial charge in [-0.05, 0) is 37.9 Å². The highest BCUT2D eigenvalue weighted by molar-refractivity contribution is 6.74. The summed E-state index contributed by atoms with van der Waals surface area (Å²) in [4.78, 5) is 11.3. The molecule has 0 aromatic carbocycles. The number of rotatable bonds is 18. The smallest absolute Gasteiger partial charge is 0.405 e. The van der Waals surface area contributed by atoms with E-state index in [1.54, 1.807) is 6.08 Å². The van der Waals surface area contributed by atoms with Gasteiger partial charge in [0.05, 0.1) is 18.2 Å². The lowest BCUT2D eigenvalue weighted by molar-refractivity contribution is 0.0746. The van der Waals surface area contributed by atoms with Crippen LogP contribution in [-0.2, 0) is 4.43 Å². The van der Waals surface area contributed by atoms with Crippen molar-refractivity contribution < 1.29 is 19.4 Å². The lowest BCUT2D eigenvalue weighted by Crippen LogP contribution is -2.54.